The predicted octanol–water partition coefficient (Wildman–Crippen LogP) is 1.96. The molecule has 1 aliphatic carbocycles. The molecule has 1 heteroatoms. The van der Waals surface area contributed by atoms with Crippen molar-refractivity contribution in [3.05, 3.63) is 24.3 Å². The third-order valence-corrected chi connectivity index (χ3v) is 2.12. The van der Waals surface area contributed by atoms with Crippen LogP contribution in [0, 0.1) is 5.92 Å². The van der Waals surface area contributed by atoms with Crippen LogP contribution >= 0.6 is 0 Å². The van der Waals surface area contributed by atoms with Gasteiger partial charge >= 0.3 is 0 Å². The van der Waals surface area contributed by atoms with Gasteiger partial charge in [0.2, 0.25) is 0 Å². The monoisotopic (exact) mass is 133 g/mol. The molecule has 52 valence electrons. The summed E-state index contributed by atoms with van der Waals surface area (Å²) in [6.07, 6.45) is 9.80. The molecule has 2 atom stereocenters. The van der Waals surface area contributed by atoms with Gasteiger partial charge in [-0.2, -0.15) is 0 Å². The average Bonchev–Trinajstić information content (AvgIpc) is 2.27. The highest BCUT2D eigenvalue weighted by Crippen LogP contribution is 2.25. The minimum Gasteiger partial charge on any atom is -0.286 e. The lowest BCUT2D eigenvalue weighted by atomic mass is 9.95. The average molecular weight is 133 g/mol. The van der Waals surface area contributed by atoms with Gasteiger partial charge < -0.3 is 0 Å². The Balaban J connectivity index is 2.24. The maximum absolute atomic E-state index is 4.49. The van der Waals surface area contributed by atoms with Crippen molar-refractivity contribution in [2.24, 2.45) is 10.9 Å². The minimum absolute atomic E-state index is 0.463. The van der Waals surface area contributed by atoms with Crippen LogP contribution in [-0.4, -0.2) is 11.8 Å². The molecule has 2 aliphatic rings. The van der Waals surface area contributed by atoms with Crippen LogP contribution in [0.25, 0.3) is 0 Å². The zero-order valence-corrected chi connectivity index (χ0v) is 6.12. The normalized spacial score (nSPS) is 35.9. The Hall–Kier alpha value is -0.850. The molecule has 2 rings (SSSR count). The van der Waals surface area contributed by atoms with Crippen molar-refractivity contribution in [1.29, 1.82) is 0 Å². The second-order valence-corrected chi connectivity index (χ2v) is 2.99. The first-order chi connectivity index (χ1) is 4.86. The smallest absolute Gasteiger partial charge is 0.0748 e. The highest BCUT2D eigenvalue weighted by molar-refractivity contribution is 5.84. The highest BCUT2D eigenvalue weighted by Gasteiger charge is 2.23. The number of fused-ring (bicyclic) bond motifs is 1. The Morgan fingerprint density at radius 1 is 1.40 bits per heavy atom. The summed E-state index contributed by atoms with van der Waals surface area (Å²) in [6, 6.07) is 0.463. The molecule has 1 nitrogen and oxygen atoms in total. The van der Waals surface area contributed by atoms with E-state index in [-0.39, 0.29) is 0 Å². The van der Waals surface area contributed by atoms with Crippen molar-refractivity contribution in [3.63, 3.8) is 0 Å². The molecule has 0 bridgehead atoms. The van der Waals surface area contributed by atoms with Gasteiger partial charge in [-0.1, -0.05) is 24.3 Å². The van der Waals surface area contributed by atoms with Crippen LogP contribution in [0.15, 0.2) is 29.3 Å². The van der Waals surface area contributed by atoms with E-state index in [9.17, 15) is 0 Å². The Bertz CT molecular complexity index is 223. The summed E-state index contributed by atoms with van der Waals surface area (Å²) in [5.74, 6) is 0.671. The van der Waals surface area contributed by atoms with Gasteiger partial charge in [-0.25, -0.2) is 0 Å². The van der Waals surface area contributed by atoms with Crippen LogP contribution in [0.1, 0.15) is 13.3 Å². The second kappa shape index (κ2) is 2.08. The van der Waals surface area contributed by atoms with Crippen molar-refractivity contribution in [3.8, 4) is 0 Å². The Kier molecular flexibility index (Phi) is 1.23. The van der Waals surface area contributed by atoms with Gasteiger partial charge in [0.15, 0.2) is 0 Å². The van der Waals surface area contributed by atoms with Crippen molar-refractivity contribution in [2.45, 2.75) is 19.4 Å². The van der Waals surface area contributed by atoms with E-state index in [2.05, 4.69) is 36.2 Å². The zero-order chi connectivity index (χ0) is 6.97. The maximum atomic E-state index is 4.49. The summed E-state index contributed by atoms with van der Waals surface area (Å²) in [4.78, 5) is 4.49. The van der Waals surface area contributed by atoms with E-state index < -0.39 is 0 Å². The molecule has 0 N–H and O–H groups in total. The number of rotatable bonds is 0. The molecule has 1 heterocycles. The quantitative estimate of drug-likeness (QED) is 0.479. The van der Waals surface area contributed by atoms with E-state index in [1.807, 2.05) is 0 Å². The predicted molar refractivity (Wildman–Crippen MR) is 43.3 cm³/mol. The number of hydrogen-bond acceptors (Lipinski definition) is 1. The highest BCUT2D eigenvalue weighted by atomic mass is 14.8. The van der Waals surface area contributed by atoms with Crippen LogP contribution in [0.3, 0.4) is 0 Å². The Labute approximate surface area is 61.2 Å². The van der Waals surface area contributed by atoms with Crippen molar-refractivity contribution < 1.29 is 0 Å². The second-order valence-electron chi connectivity index (χ2n) is 2.99. The lowest BCUT2D eigenvalue weighted by molar-refractivity contribution is 0.637. The van der Waals surface area contributed by atoms with E-state index in [0.29, 0.717) is 12.0 Å². The molecular weight excluding hydrogens is 122 g/mol. The lowest BCUT2D eigenvalue weighted by Gasteiger charge is -2.11. The first kappa shape index (κ1) is 5.90. The van der Waals surface area contributed by atoms with Gasteiger partial charge in [-0.15, -0.1) is 0 Å². The summed E-state index contributed by atoms with van der Waals surface area (Å²) in [6.45, 7) is 2.11. The van der Waals surface area contributed by atoms with Gasteiger partial charge in [-0.05, 0) is 13.3 Å². The minimum atomic E-state index is 0.463. The fraction of sp³-hybridized carbons (Fsp3) is 0.444. The molecule has 1 aliphatic heterocycles. The zero-order valence-electron chi connectivity index (χ0n) is 6.12. The number of nitrogens with zero attached hydrogens (tertiary/aromatic N) is 1. The van der Waals surface area contributed by atoms with E-state index in [4.69, 9.17) is 0 Å². The van der Waals surface area contributed by atoms with Gasteiger partial charge in [0.1, 0.15) is 0 Å². The standard InChI is InChI=1S/C9H11N/c1-7-6-8-4-2-3-5-9(8)10-7/h2-5,8-9H,6H2,1H3. The maximum Gasteiger partial charge on any atom is 0.0748 e. The first-order valence-electron chi connectivity index (χ1n) is 3.74. The summed E-state index contributed by atoms with van der Waals surface area (Å²) in [5, 5.41) is 0. The van der Waals surface area contributed by atoms with E-state index in [1.54, 1.807) is 0 Å². The van der Waals surface area contributed by atoms with E-state index >= 15 is 0 Å². The molecular formula is C9H11N. The summed E-state index contributed by atoms with van der Waals surface area (Å²) < 4.78 is 0. The van der Waals surface area contributed by atoms with Crippen molar-refractivity contribution >= 4 is 5.71 Å². The first-order valence-corrected chi connectivity index (χ1v) is 3.74. The van der Waals surface area contributed by atoms with Crippen LogP contribution in [0.2, 0.25) is 0 Å². The Morgan fingerprint density at radius 3 is 3.00 bits per heavy atom. The van der Waals surface area contributed by atoms with Crippen molar-refractivity contribution in [1.82, 2.24) is 0 Å². The molecule has 10 heavy (non-hydrogen) atoms. The molecule has 2 unspecified atom stereocenters. The summed E-state index contributed by atoms with van der Waals surface area (Å²) >= 11 is 0. The van der Waals surface area contributed by atoms with Crippen LogP contribution in [-0.2, 0) is 0 Å². The number of allylic oxidation sites excluding steroid dienone is 2. The number of aliphatic imine (C=N–C) groups is 1. The summed E-state index contributed by atoms with van der Waals surface area (Å²) in [5.41, 5.74) is 1.30. The van der Waals surface area contributed by atoms with Gasteiger partial charge in [-0.3, -0.25) is 4.99 Å². The fourth-order valence-electron chi connectivity index (χ4n) is 1.62. The largest absolute Gasteiger partial charge is 0.286 e. The molecule has 0 aromatic heterocycles. The Morgan fingerprint density at radius 2 is 2.20 bits per heavy atom. The fourth-order valence-corrected chi connectivity index (χ4v) is 1.62. The third-order valence-electron chi connectivity index (χ3n) is 2.12. The van der Waals surface area contributed by atoms with E-state index in [1.165, 1.54) is 5.71 Å². The lowest BCUT2D eigenvalue weighted by Crippen LogP contribution is -2.10. The number of hydrogen-bond donors (Lipinski definition) is 0. The molecule has 0 saturated carbocycles. The van der Waals surface area contributed by atoms with Gasteiger partial charge in [0.05, 0.1) is 6.04 Å². The van der Waals surface area contributed by atoms with Crippen molar-refractivity contribution in [2.75, 3.05) is 0 Å². The topological polar surface area (TPSA) is 12.4 Å². The molecule has 0 spiro atoms. The molecule has 0 aromatic rings. The molecule has 0 aromatic carbocycles. The third kappa shape index (κ3) is 0.821. The molecule has 0 saturated heterocycles. The van der Waals surface area contributed by atoms with Gasteiger partial charge in [0.25, 0.3) is 0 Å². The molecule has 0 fully saturated rings. The van der Waals surface area contributed by atoms with Gasteiger partial charge in [0, 0.05) is 11.6 Å². The SMILES string of the molecule is CC1=NC2C=CC=CC2C1. The van der Waals surface area contributed by atoms with Crippen LogP contribution in [0.5, 0.6) is 0 Å². The van der Waals surface area contributed by atoms with E-state index in [0.717, 1.165) is 6.42 Å². The molecule has 0 radical (unpaired) electrons. The van der Waals surface area contributed by atoms with Crippen LogP contribution in [0.4, 0.5) is 0 Å². The molecule has 0 amide bonds. The summed E-state index contributed by atoms with van der Waals surface area (Å²) in [7, 11) is 0. The van der Waals surface area contributed by atoms with Crippen LogP contribution < -0.4 is 0 Å².